The van der Waals surface area contributed by atoms with Crippen molar-refractivity contribution in [2.24, 2.45) is 0 Å². The SMILES string of the molecule is CC(=O)NCc1ccnc(C2CN(S(=O)(=O)C(C)C)CCO2)n1. The number of carbonyl (C=O) groups excluding carboxylic acids is 1. The Labute approximate surface area is 136 Å². The van der Waals surface area contributed by atoms with Crippen molar-refractivity contribution >= 4 is 15.9 Å². The molecule has 1 unspecified atom stereocenters. The Bertz CT molecular complexity index is 662. The van der Waals surface area contributed by atoms with Gasteiger partial charge in [0.2, 0.25) is 15.9 Å². The third-order valence-corrected chi connectivity index (χ3v) is 5.77. The molecule has 2 heterocycles. The van der Waals surface area contributed by atoms with Crippen molar-refractivity contribution in [1.82, 2.24) is 19.6 Å². The zero-order valence-corrected chi connectivity index (χ0v) is 14.3. The van der Waals surface area contributed by atoms with Crippen LogP contribution in [0.2, 0.25) is 0 Å². The number of rotatable bonds is 5. The lowest BCUT2D eigenvalue weighted by Crippen LogP contribution is -2.45. The number of hydrogen-bond acceptors (Lipinski definition) is 6. The number of ether oxygens (including phenoxy) is 1. The van der Waals surface area contributed by atoms with E-state index in [1.54, 1.807) is 26.1 Å². The van der Waals surface area contributed by atoms with Gasteiger partial charge in [-0.25, -0.2) is 18.4 Å². The van der Waals surface area contributed by atoms with Crippen molar-refractivity contribution in [3.05, 3.63) is 23.8 Å². The predicted octanol–water partition coefficient (Wildman–Crippen LogP) is 0.224. The van der Waals surface area contributed by atoms with Gasteiger partial charge in [-0.2, -0.15) is 4.31 Å². The van der Waals surface area contributed by atoms with Gasteiger partial charge in [0.25, 0.3) is 0 Å². The zero-order valence-electron chi connectivity index (χ0n) is 13.5. The number of hydrogen-bond donors (Lipinski definition) is 1. The highest BCUT2D eigenvalue weighted by Gasteiger charge is 2.33. The largest absolute Gasteiger partial charge is 0.367 e. The van der Waals surface area contributed by atoms with Gasteiger partial charge in [-0.05, 0) is 19.9 Å². The molecule has 1 aromatic rings. The average Bonchev–Trinajstić information content (AvgIpc) is 2.53. The van der Waals surface area contributed by atoms with Gasteiger partial charge in [-0.1, -0.05) is 0 Å². The minimum Gasteiger partial charge on any atom is -0.367 e. The fourth-order valence-electron chi connectivity index (χ4n) is 2.19. The molecular weight excluding hydrogens is 320 g/mol. The average molecular weight is 342 g/mol. The van der Waals surface area contributed by atoms with Gasteiger partial charge in [-0.15, -0.1) is 0 Å². The third-order valence-electron chi connectivity index (χ3n) is 3.52. The van der Waals surface area contributed by atoms with Crippen molar-refractivity contribution in [1.29, 1.82) is 0 Å². The van der Waals surface area contributed by atoms with Crippen LogP contribution in [0.3, 0.4) is 0 Å². The van der Waals surface area contributed by atoms with E-state index in [1.807, 2.05) is 0 Å². The molecule has 1 N–H and O–H groups in total. The normalized spacial score (nSPS) is 19.7. The van der Waals surface area contributed by atoms with Gasteiger partial charge in [-0.3, -0.25) is 4.79 Å². The number of amides is 1. The summed E-state index contributed by atoms with van der Waals surface area (Å²) in [7, 11) is -3.33. The number of aromatic nitrogens is 2. The first-order chi connectivity index (χ1) is 10.8. The summed E-state index contributed by atoms with van der Waals surface area (Å²) in [6.07, 6.45) is 1.08. The van der Waals surface area contributed by atoms with Crippen LogP contribution in [0.5, 0.6) is 0 Å². The molecule has 1 aliphatic heterocycles. The van der Waals surface area contributed by atoms with E-state index in [1.165, 1.54) is 11.2 Å². The Balaban J connectivity index is 2.12. The van der Waals surface area contributed by atoms with Crippen LogP contribution in [0.1, 0.15) is 38.4 Å². The Kier molecular flexibility index (Phi) is 5.66. The van der Waals surface area contributed by atoms with E-state index in [0.717, 1.165) is 0 Å². The Morgan fingerprint density at radius 1 is 1.52 bits per heavy atom. The first-order valence-electron chi connectivity index (χ1n) is 7.47. The summed E-state index contributed by atoms with van der Waals surface area (Å²) in [6, 6.07) is 1.70. The van der Waals surface area contributed by atoms with Gasteiger partial charge in [0, 0.05) is 26.2 Å². The van der Waals surface area contributed by atoms with Crippen molar-refractivity contribution in [3.63, 3.8) is 0 Å². The standard InChI is InChI=1S/C14H22N4O4S/c1-10(2)23(20,21)18-6-7-22-13(9-18)14-15-5-4-12(17-14)8-16-11(3)19/h4-5,10,13H,6-9H2,1-3H3,(H,16,19). The molecule has 8 nitrogen and oxygen atoms in total. The molecule has 0 spiro atoms. The summed E-state index contributed by atoms with van der Waals surface area (Å²) in [5.41, 5.74) is 0.651. The van der Waals surface area contributed by atoms with Gasteiger partial charge in [0.15, 0.2) is 5.82 Å². The molecule has 0 bridgehead atoms. The van der Waals surface area contributed by atoms with Crippen LogP contribution in [-0.4, -0.2) is 53.5 Å². The predicted molar refractivity (Wildman–Crippen MR) is 83.9 cm³/mol. The van der Waals surface area contributed by atoms with Crippen LogP contribution in [0.4, 0.5) is 0 Å². The molecule has 1 saturated heterocycles. The maximum absolute atomic E-state index is 12.3. The van der Waals surface area contributed by atoms with Crippen LogP contribution in [-0.2, 0) is 26.1 Å². The molecule has 128 valence electrons. The van der Waals surface area contributed by atoms with E-state index >= 15 is 0 Å². The topological polar surface area (TPSA) is 101 Å². The van der Waals surface area contributed by atoms with E-state index < -0.39 is 21.4 Å². The summed E-state index contributed by atoms with van der Waals surface area (Å²) in [6.45, 7) is 5.88. The molecule has 0 aliphatic carbocycles. The van der Waals surface area contributed by atoms with Crippen LogP contribution in [0.15, 0.2) is 12.3 Å². The lowest BCUT2D eigenvalue weighted by Gasteiger charge is -2.32. The molecule has 0 saturated carbocycles. The van der Waals surface area contributed by atoms with E-state index in [-0.39, 0.29) is 12.5 Å². The van der Waals surface area contributed by atoms with Crippen molar-refractivity contribution in [2.45, 2.75) is 38.7 Å². The fraction of sp³-hybridized carbons (Fsp3) is 0.643. The van der Waals surface area contributed by atoms with Crippen LogP contribution in [0.25, 0.3) is 0 Å². The third kappa shape index (κ3) is 4.46. The lowest BCUT2D eigenvalue weighted by atomic mass is 10.2. The number of carbonyl (C=O) groups is 1. The van der Waals surface area contributed by atoms with Crippen LogP contribution < -0.4 is 5.32 Å². The summed E-state index contributed by atoms with van der Waals surface area (Å²) in [5.74, 6) is 0.282. The monoisotopic (exact) mass is 342 g/mol. The quantitative estimate of drug-likeness (QED) is 0.821. The van der Waals surface area contributed by atoms with Gasteiger partial charge >= 0.3 is 0 Å². The highest BCUT2D eigenvalue weighted by molar-refractivity contribution is 7.89. The molecule has 1 fully saturated rings. The Morgan fingerprint density at radius 3 is 2.91 bits per heavy atom. The van der Waals surface area contributed by atoms with E-state index in [0.29, 0.717) is 31.2 Å². The van der Waals surface area contributed by atoms with E-state index in [2.05, 4.69) is 15.3 Å². The summed E-state index contributed by atoms with van der Waals surface area (Å²) < 4.78 is 31.6. The van der Waals surface area contributed by atoms with Gasteiger partial charge in [0.1, 0.15) is 6.10 Å². The molecule has 2 rings (SSSR count). The number of nitrogens with one attached hydrogen (secondary N) is 1. The lowest BCUT2D eigenvalue weighted by molar-refractivity contribution is -0.119. The Morgan fingerprint density at radius 2 is 2.26 bits per heavy atom. The second-order valence-electron chi connectivity index (χ2n) is 5.63. The molecule has 0 aromatic carbocycles. The van der Waals surface area contributed by atoms with Crippen molar-refractivity contribution in [3.8, 4) is 0 Å². The number of nitrogens with zero attached hydrogens (tertiary/aromatic N) is 3. The molecular formula is C14H22N4O4S. The summed E-state index contributed by atoms with van der Waals surface area (Å²) >= 11 is 0. The number of morpholine rings is 1. The molecule has 1 atom stereocenters. The molecule has 9 heteroatoms. The van der Waals surface area contributed by atoms with Crippen LogP contribution >= 0.6 is 0 Å². The molecule has 1 aliphatic rings. The van der Waals surface area contributed by atoms with E-state index in [9.17, 15) is 13.2 Å². The highest BCUT2D eigenvalue weighted by Crippen LogP contribution is 2.22. The van der Waals surface area contributed by atoms with Crippen molar-refractivity contribution in [2.75, 3.05) is 19.7 Å². The maximum Gasteiger partial charge on any atom is 0.217 e. The zero-order chi connectivity index (χ0) is 17.0. The smallest absolute Gasteiger partial charge is 0.217 e. The van der Waals surface area contributed by atoms with Gasteiger partial charge in [0.05, 0.1) is 24.1 Å². The van der Waals surface area contributed by atoms with Crippen LogP contribution in [0, 0.1) is 0 Å². The first-order valence-corrected chi connectivity index (χ1v) is 8.98. The highest BCUT2D eigenvalue weighted by atomic mass is 32.2. The number of sulfonamides is 1. The second kappa shape index (κ2) is 7.33. The maximum atomic E-state index is 12.3. The second-order valence-corrected chi connectivity index (χ2v) is 8.12. The molecule has 1 amide bonds. The fourth-order valence-corrected chi connectivity index (χ4v) is 3.46. The first kappa shape index (κ1) is 17.8. The summed E-state index contributed by atoms with van der Waals surface area (Å²) in [5, 5.41) is 2.19. The van der Waals surface area contributed by atoms with E-state index in [4.69, 9.17) is 4.74 Å². The van der Waals surface area contributed by atoms with Gasteiger partial charge < -0.3 is 10.1 Å². The summed E-state index contributed by atoms with van der Waals surface area (Å²) in [4.78, 5) is 19.5. The molecule has 1 aromatic heterocycles. The minimum absolute atomic E-state index is 0.145. The minimum atomic E-state index is -3.33. The van der Waals surface area contributed by atoms with Crippen molar-refractivity contribution < 1.29 is 17.9 Å². The molecule has 0 radical (unpaired) electrons. The molecule has 23 heavy (non-hydrogen) atoms. The Hall–Kier alpha value is -1.58.